The highest BCUT2D eigenvalue weighted by atomic mass is 35.5. The first-order valence-electron chi connectivity index (χ1n) is 7.78. The second kappa shape index (κ2) is 9.24. The van der Waals surface area contributed by atoms with Gasteiger partial charge in [-0.1, -0.05) is 40.9 Å². The zero-order valence-corrected chi connectivity index (χ0v) is 16.5. The summed E-state index contributed by atoms with van der Waals surface area (Å²) in [5.74, 6) is -0.509. The minimum atomic E-state index is -0.520. The average Bonchev–Trinajstić information content (AvgIpc) is 2.57. The highest BCUT2D eigenvalue weighted by molar-refractivity contribution is 6.42. The van der Waals surface area contributed by atoms with Crippen molar-refractivity contribution < 1.29 is 9.59 Å². The second-order valence-electron chi connectivity index (χ2n) is 5.77. The Kier molecular flexibility index (Phi) is 7.29. The molecule has 0 bridgehead atoms. The standard InChI is InChI=1S/C18H18Cl3N3O2/c1-11(18(26)23-13-5-3-4-12(19)8-13)24(2)10-17(25)22-14-6-7-15(20)16(21)9-14/h3-9,11H,10H2,1-2H3,(H,22,25)(H,23,26). The molecule has 2 N–H and O–H groups in total. The van der Waals surface area contributed by atoms with Crippen molar-refractivity contribution in [1.82, 2.24) is 4.90 Å². The maximum Gasteiger partial charge on any atom is 0.241 e. The average molecular weight is 415 g/mol. The Balaban J connectivity index is 1.90. The molecule has 0 aromatic heterocycles. The number of halogens is 3. The molecule has 138 valence electrons. The summed E-state index contributed by atoms with van der Waals surface area (Å²) in [7, 11) is 1.69. The Hall–Kier alpha value is -1.79. The normalized spacial score (nSPS) is 11.9. The molecule has 2 rings (SSSR count). The number of rotatable bonds is 6. The molecule has 8 heteroatoms. The molecule has 2 amide bonds. The first-order chi connectivity index (χ1) is 12.3. The molecule has 1 unspecified atom stereocenters. The fourth-order valence-corrected chi connectivity index (χ4v) is 2.64. The van der Waals surface area contributed by atoms with E-state index in [0.717, 1.165) is 0 Å². The topological polar surface area (TPSA) is 61.4 Å². The summed E-state index contributed by atoms with van der Waals surface area (Å²) in [6.45, 7) is 1.75. The molecule has 0 aliphatic carbocycles. The van der Waals surface area contributed by atoms with Gasteiger partial charge in [-0.25, -0.2) is 0 Å². The third-order valence-corrected chi connectivity index (χ3v) is 4.70. The monoisotopic (exact) mass is 413 g/mol. The molecule has 0 spiro atoms. The predicted octanol–water partition coefficient (Wildman–Crippen LogP) is 4.54. The van der Waals surface area contributed by atoms with Crippen LogP contribution >= 0.6 is 34.8 Å². The largest absolute Gasteiger partial charge is 0.325 e. The molecule has 0 aliphatic heterocycles. The molecule has 0 aliphatic rings. The fraction of sp³-hybridized carbons (Fsp3) is 0.222. The zero-order chi connectivity index (χ0) is 19.3. The number of benzene rings is 2. The van der Waals surface area contributed by atoms with Crippen LogP contribution in [0.5, 0.6) is 0 Å². The van der Waals surface area contributed by atoms with E-state index in [1.54, 1.807) is 61.3 Å². The Morgan fingerprint density at radius 1 is 1.00 bits per heavy atom. The van der Waals surface area contributed by atoms with E-state index in [1.165, 1.54) is 0 Å². The van der Waals surface area contributed by atoms with Gasteiger partial charge < -0.3 is 10.6 Å². The van der Waals surface area contributed by atoms with Crippen LogP contribution in [0, 0.1) is 0 Å². The summed E-state index contributed by atoms with van der Waals surface area (Å²) in [6, 6.07) is 11.2. The smallest absolute Gasteiger partial charge is 0.241 e. The van der Waals surface area contributed by atoms with E-state index >= 15 is 0 Å². The number of hydrogen-bond donors (Lipinski definition) is 2. The van der Waals surface area contributed by atoms with Crippen LogP contribution in [0.4, 0.5) is 11.4 Å². The first-order valence-corrected chi connectivity index (χ1v) is 8.91. The van der Waals surface area contributed by atoms with Crippen LogP contribution in [0.2, 0.25) is 15.1 Å². The van der Waals surface area contributed by atoms with Crippen molar-refractivity contribution in [3.05, 3.63) is 57.5 Å². The molecule has 26 heavy (non-hydrogen) atoms. The van der Waals surface area contributed by atoms with Gasteiger partial charge in [0.25, 0.3) is 0 Å². The number of likely N-dealkylation sites (N-methyl/N-ethyl adjacent to an activating group) is 1. The SMILES string of the molecule is CC(C(=O)Nc1cccc(Cl)c1)N(C)CC(=O)Nc1ccc(Cl)c(Cl)c1. The van der Waals surface area contributed by atoms with Crippen LogP contribution in [-0.2, 0) is 9.59 Å². The highest BCUT2D eigenvalue weighted by Gasteiger charge is 2.20. The summed E-state index contributed by atoms with van der Waals surface area (Å²) in [5.41, 5.74) is 1.14. The van der Waals surface area contributed by atoms with E-state index in [1.807, 2.05) is 0 Å². The number of amides is 2. The van der Waals surface area contributed by atoms with Gasteiger partial charge in [0.05, 0.1) is 22.6 Å². The van der Waals surface area contributed by atoms with Gasteiger partial charge in [0.1, 0.15) is 0 Å². The first kappa shape index (κ1) is 20.5. The summed E-state index contributed by atoms with van der Waals surface area (Å²) < 4.78 is 0. The Labute approximate surface area is 167 Å². The molecule has 0 saturated heterocycles. The zero-order valence-electron chi connectivity index (χ0n) is 14.2. The molecule has 2 aromatic rings. The van der Waals surface area contributed by atoms with E-state index in [9.17, 15) is 9.59 Å². The molecule has 0 fully saturated rings. The van der Waals surface area contributed by atoms with Gasteiger partial charge in [-0.15, -0.1) is 0 Å². The Morgan fingerprint density at radius 2 is 1.69 bits per heavy atom. The maximum absolute atomic E-state index is 12.3. The van der Waals surface area contributed by atoms with Gasteiger partial charge >= 0.3 is 0 Å². The third kappa shape index (κ3) is 5.88. The molecular weight excluding hydrogens is 397 g/mol. The molecule has 1 atom stereocenters. The van der Waals surface area contributed by atoms with Crippen molar-refractivity contribution in [2.24, 2.45) is 0 Å². The van der Waals surface area contributed by atoms with Crippen molar-refractivity contribution in [3.8, 4) is 0 Å². The number of anilines is 2. The van der Waals surface area contributed by atoms with Gasteiger partial charge in [0, 0.05) is 16.4 Å². The molecule has 0 radical (unpaired) electrons. The van der Waals surface area contributed by atoms with Gasteiger partial charge in [0.15, 0.2) is 0 Å². The van der Waals surface area contributed by atoms with Gasteiger partial charge in [0.2, 0.25) is 11.8 Å². The summed E-state index contributed by atoms with van der Waals surface area (Å²) in [5, 5.41) is 6.79. The fourth-order valence-electron chi connectivity index (χ4n) is 2.15. The van der Waals surface area contributed by atoms with E-state index in [2.05, 4.69) is 10.6 Å². The lowest BCUT2D eigenvalue weighted by Gasteiger charge is -2.23. The van der Waals surface area contributed by atoms with Crippen molar-refractivity contribution in [3.63, 3.8) is 0 Å². The lowest BCUT2D eigenvalue weighted by atomic mass is 10.2. The number of carbonyl (C=O) groups excluding carboxylic acids is 2. The van der Waals surface area contributed by atoms with Gasteiger partial charge in [-0.3, -0.25) is 14.5 Å². The minimum absolute atomic E-state index is 0.0321. The van der Waals surface area contributed by atoms with Crippen LogP contribution < -0.4 is 10.6 Å². The van der Waals surface area contributed by atoms with Crippen LogP contribution in [0.3, 0.4) is 0 Å². The van der Waals surface area contributed by atoms with E-state index in [-0.39, 0.29) is 18.4 Å². The Bertz CT molecular complexity index is 814. The van der Waals surface area contributed by atoms with Crippen LogP contribution in [0.1, 0.15) is 6.92 Å². The van der Waals surface area contributed by atoms with Gasteiger partial charge in [-0.2, -0.15) is 0 Å². The number of nitrogens with one attached hydrogen (secondary N) is 2. The number of hydrogen-bond acceptors (Lipinski definition) is 3. The highest BCUT2D eigenvalue weighted by Crippen LogP contribution is 2.25. The quantitative estimate of drug-likeness (QED) is 0.729. The Morgan fingerprint density at radius 3 is 2.35 bits per heavy atom. The number of nitrogens with zero attached hydrogens (tertiary/aromatic N) is 1. The van der Waals surface area contributed by atoms with Crippen molar-refractivity contribution in [1.29, 1.82) is 0 Å². The molecule has 2 aromatic carbocycles. The van der Waals surface area contributed by atoms with Crippen LogP contribution in [-0.4, -0.2) is 36.3 Å². The molecule has 0 saturated carbocycles. The summed E-state index contributed by atoms with van der Waals surface area (Å²) >= 11 is 17.7. The third-order valence-electron chi connectivity index (χ3n) is 3.73. The maximum atomic E-state index is 12.3. The predicted molar refractivity (Wildman–Crippen MR) is 107 cm³/mol. The summed E-state index contributed by atoms with van der Waals surface area (Å²) in [6.07, 6.45) is 0. The molecule has 0 heterocycles. The molecular formula is C18H18Cl3N3O2. The van der Waals surface area contributed by atoms with E-state index in [4.69, 9.17) is 34.8 Å². The van der Waals surface area contributed by atoms with Crippen molar-refractivity contribution in [2.75, 3.05) is 24.2 Å². The van der Waals surface area contributed by atoms with Crippen molar-refractivity contribution >= 4 is 58.0 Å². The molecule has 5 nitrogen and oxygen atoms in total. The van der Waals surface area contributed by atoms with Crippen LogP contribution in [0.25, 0.3) is 0 Å². The van der Waals surface area contributed by atoms with E-state index < -0.39 is 6.04 Å². The van der Waals surface area contributed by atoms with Gasteiger partial charge in [-0.05, 0) is 50.4 Å². The minimum Gasteiger partial charge on any atom is -0.325 e. The lowest BCUT2D eigenvalue weighted by molar-refractivity contribution is -0.122. The van der Waals surface area contributed by atoms with Crippen molar-refractivity contribution in [2.45, 2.75) is 13.0 Å². The van der Waals surface area contributed by atoms with E-state index in [0.29, 0.717) is 26.4 Å². The summed E-state index contributed by atoms with van der Waals surface area (Å²) in [4.78, 5) is 26.1. The lowest BCUT2D eigenvalue weighted by Crippen LogP contribution is -2.43. The van der Waals surface area contributed by atoms with Crippen LogP contribution in [0.15, 0.2) is 42.5 Å². The second-order valence-corrected chi connectivity index (χ2v) is 7.02. The number of carbonyl (C=O) groups is 2.